The minimum absolute atomic E-state index is 0.829. The summed E-state index contributed by atoms with van der Waals surface area (Å²) in [5, 5.41) is 0. The molecule has 0 aromatic heterocycles. The second kappa shape index (κ2) is 5.06. The first-order chi connectivity index (χ1) is 5.83. The summed E-state index contributed by atoms with van der Waals surface area (Å²) in [5.41, 5.74) is 0. The first kappa shape index (κ1) is 9.42. The molecule has 0 amide bonds. The molecule has 0 radical (unpaired) electrons. The average Bonchev–Trinajstić information content (AvgIpc) is 2.09. The van der Waals surface area contributed by atoms with E-state index in [0.29, 0.717) is 0 Å². The van der Waals surface area contributed by atoms with Crippen LogP contribution in [0.2, 0.25) is 0 Å². The molecule has 1 heterocycles. The Labute approximate surface area is 73.6 Å². The Morgan fingerprint density at radius 3 is 2.50 bits per heavy atom. The lowest BCUT2D eigenvalue weighted by atomic mass is 10.3. The van der Waals surface area contributed by atoms with Crippen LogP contribution in [-0.4, -0.2) is 55.9 Å². The van der Waals surface area contributed by atoms with E-state index in [-0.39, 0.29) is 0 Å². The van der Waals surface area contributed by atoms with Gasteiger partial charge in [-0.15, -0.1) is 0 Å². The molecule has 0 aromatic carbocycles. The molecule has 0 spiro atoms. The lowest BCUT2D eigenvalue weighted by molar-refractivity contribution is -0.104. The van der Waals surface area contributed by atoms with Crippen molar-refractivity contribution in [1.29, 1.82) is 0 Å². The van der Waals surface area contributed by atoms with Crippen molar-refractivity contribution in [2.45, 2.75) is 0 Å². The third kappa shape index (κ3) is 3.15. The van der Waals surface area contributed by atoms with Crippen LogP contribution in [0.25, 0.3) is 0 Å². The van der Waals surface area contributed by atoms with Gasteiger partial charge >= 0.3 is 0 Å². The van der Waals surface area contributed by atoms with Crippen molar-refractivity contribution in [3.63, 3.8) is 0 Å². The third-order valence-electron chi connectivity index (χ3n) is 2.17. The maximum atomic E-state index is 9.99. The monoisotopic (exact) mass is 168 g/mol. The summed E-state index contributed by atoms with van der Waals surface area (Å²) in [7, 11) is 2.14. The number of allylic oxidation sites excluding steroid dienone is 1. The maximum Gasteiger partial charge on any atom is 0.142 e. The van der Waals surface area contributed by atoms with Gasteiger partial charge in [0.05, 0.1) is 0 Å². The first-order valence-electron chi connectivity index (χ1n) is 4.34. The largest absolute Gasteiger partial charge is 0.304 e. The van der Waals surface area contributed by atoms with Crippen molar-refractivity contribution < 1.29 is 4.79 Å². The van der Waals surface area contributed by atoms with Gasteiger partial charge in [0, 0.05) is 32.7 Å². The second-order valence-electron chi connectivity index (χ2n) is 3.17. The van der Waals surface area contributed by atoms with Crippen LogP contribution in [-0.2, 0) is 4.79 Å². The summed E-state index contributed by atoms with van der Waals surface area (Å²) in [6.45, 7) is 5.40. The fourth-order valence-electron chi connectivity index (χ4n) is 1.30. The number of hydrogen-bond acceptors (Lipinski definition) is 3. The van der Waals surface area contributed by atoms with Crippen LogP contribution < -0.4 is 0 Å². The van der Waals surface area contributed by atoms with Crippen molar-refractivity contribution in [1.82, 2.24) is 9.80 Å². The summed E-state index contributed by atoms with van der Waals surface area (Å²) < 4.78 is 0. The molecule has 1 aliphatic rings. The van der Waals surface area contributed by atoms with Gasteiger partial charge in [0.2, 0.25) is 0 Å². The van der Waals surface area contributed by atoms with Crippen LogP contribution in [0.5, 0.6) is 0 Å². The average molecular weight is 168 g/mol. The van der Waals surface area contributed by atoms with Gasteiger partial charge in [0.15, 0.2) is 0 Å². The molecule has 1 fully saturated rings. The molecular formula is C9H16N2O. The van der Waals surface area contributed by atoms with Crippen molar-refractivity contribution >= 4 is 6.29 Å². The summed E-state index contributed by atoms with van der Waals surface area (Å²) in [6.07, 6.45) is 4.31. The molecule has 0 saturated carbocycles. The summed E-state index contributed by atoms with van der Waals surface area (Å²) in [5.74, 6) is 0. The zero-order valence-electron chi connectivity index (χ0n) is 7.57. The van der Waals surface area contributed by atoms with Crippen LogP contribution in [0, 0.1) is 0 Å². The number of nitrogens with zero attached hydrogens (tertiary/aromatic N) is 2. The van der Waals surface area contributed by atoms with Crippen molar-refractivity contribution in [2.75, 3.05) is 39.8 Å². The van der Waals surface area contributed by atoms with Crippen LogP contribution in [0.1, 0.15) is 0 Å². The molecule has 3 heteroatoms. The Kier molecular flexibility index (Phi) is 3.97. The molecule has 0 unspecified atom stereocenters. The van der Waals surface area contributed by atoms with Gasteiger partial charge in [-0.05, 0) is 13.1 Å². The van der Waals surface area contributed by atoms with Crippen LogP contribution >= 0.6 is 0 Å². The molecule has 1 rings (SSSR count). The van der Waals surface area contributed by atoms with Crippen LogP contribution in [0.3, 0.4) is 0 Å². The van der Waals surface area contributed by atoms with E-state index in [9.17, 15) is 4.79 Å². The minimum Gasteiger partial charge on any atom is -0.304 e. The van der Waals surface area contributed by atoms with Gasteiger partial charge < -0.3 is 4.90 Å². The maximum absolute atomic E-state index is 9.99. The number of carbonyl (C=O) groups is 1. The Bertz CT molecular complexity index is 160. The van der Waals surface area contributed by atoms with E-state index in [2.05, 4.69) is 16.8 Å². The molecule has 0 aromatic rings. The summed E-state index contributed by atoms with van der Waals surface area (Å²) >= 11 is 0. The highest BCUT2D eigenvalue weighted by molar-refractivity contribution is 5.64. The van der Waals surface area contributed by atoms with E-state index in [4.69, 9.17) is 0 Å². The van der Waals surface area contributed by atoms with E-state index in [0.717, 1.165) is 39.0 Å². The van der Waals surface area contributed by atoms with Crippen LogP contribution in [0.15, 0.2) is 12.2 Å². The molecule has 0 N–H and O–H groups in total. The van der Waals surface area contributed by atoms with Gasteiger partial charge in [-0.2, -0.15) is 0 Å². The highest BCUT2D eigenvalue weighted by Gasteiger charge is 2.11. The molecule has 1 saturated heterocycles. The van der Waals surface area contributed by atoms with Gasteiger partial charge in [-0.3, -0.25) is 9.69 Å². The standard InChI is InChI=1S/C9H16N2O/c1-10-5-7-11(8-6-10)4-2-3-9-12/h2-3,9H,4-8H2,1H3/b3-2+. The fourth-order valence-corrected chi connectivity index (χ4v) is 1.30. The molecule has 0 atom stereocenters. The topological polar surface area (TPSA) is 23.6 Å². The van der Waals surface area contributed by atoms with Crippen molar-refractivity contribution in [3.8, 4) is 0 Å². The van der Waals surface area contributed by atoms with E-state index in [1.54, 1.807) is 6.08 Å². The first-order valence-corrected chi connectivity index (χ1v) is 4.34. The minimum atomic E-state index is 0.829. The second-order valence-corrected chi connectivity index (χ2v) is 3.17. The molecular weight excluding hydrogens is 152 g/mol. The highest BCUT2D eigenvalue weighted by atomic mass is 16.1. The molecule has 0 bridgehead atoms. The summed E-state index contributed by atoms with van der Waals surface area (Å²) in [6, 6.07) is 0. The van der Waals surface area contributed by atoms with Gasteiger partial charge in [-0.1, -0.05) is 6.08 Å². The van der Waals surface area contributed by atoms with Crippen LogP contribution in [0.4, 0.5) is 0 Å². The fraction of sp³-hybridized carbons (Fsp3) is 0.667. The zero-order valence-corrected chi connectivity index (χ0v) is 7.57. The number of carbonyl (C=O) groups excluding carboxylic acids is 1. The zero-order chi connectivity index (χ0) is 8.81. The number of likely N-dealkylation sites (N-methyl/N-ethyl adjacent to an activating group) is 1. The number of aldehydes is 1. The highest BCUT2D eigenvalue weighted by Crippen LogP contribution is 1.97. The van der Waals surface area contributed by atoms with E-state index in [1.165, 1.54) is 0 Å². The Morgan fingerprint density at radius 2 is 1.92 bits per heavy atom. The Hall–Kier alpha value is -0.670. The van der Waals surface area contributed by atoms with E-state index >= 15 is 0 Å². The molecule has 1 aliphatic heterocycles. The summed E-state index contributed by atoms with van der Waals surface area (Å²) in [4.78, 5) is 14.7. The van der Waals surface area contributed by atoms with Gasteiger partial charge in [-0.25, -0.2) is 0 Å². The predicted molar refractivity (Wildman–Crippen MR) is 49.1 cm³/mol. The van der Waals surface area contributed by atoms with Crippen molar-refractivity contribution in [3.05, 3.63) is 12.2 Å². The predicted octanol–water partition coefficient (Wildman–Crippen LogP) is -0.0111. The van der Waals surface area contributed by atoms with E-state index < -0.39 is 0 Å². The van der Waals surface area contributed by atoms with E-state index in [1.807, 2.05) is 6.08 Å². The SMILES string of the molecule is CN1CCN(C/C=C/C=O)CC1. The smallest absolute Gasteiger partial charge is 0.142 e. The third-order valence-corrected chi connectivity index (χ3v) is 2.17. The lowest BCUT2D eigenvalue weighted by Crippen LogP contribution is -2.44. The molecule has 12 heavy (non-hydrogen) atoms. The number of hydrogen-bond donors (Lipinski definition) is 0. The Morgan fingerprint density at radius 1 is 1.25 bits per heavy atom. The quantitative estimate of drug-likeness (QED) is 0.437. The van der Waals surface area contributed by atoms with Gasteiger partial charge in [0.1, 0.15) is 6.29 Å². The normalized spacial score (nSPS) is 21.8. The lowest BCUT2D eigenvalue weighted by Gasteiger charge is -2.31. The molecule has 0 aliphatic carbocycles. The Balaban J connectivity index is 2.17. The van der Waals surface area contributed by atoms with Gasteiger partial charge in [0.25, 0.3) is 0 Å². The molecule has 3 nitrogen and oxygen atoms in total. The number of piperazine rings is 1. The van der Waals surface area contributed by atoms with Crippen molar-refractivity contribution in [2.24, 2.45) is 0 Å². The molecule has 68 valence electrons. The number of rotatable bonds is 3.